The van der Waals surface area contributed by atoms with Gasteiger partial charge in [-0.1, -0.05) is 18.2 Å². The van der Waals surface area contributed by atoms with Crippen molar-refractivity contribution >= 4 is 23.6 Å². The number of halogens is 1. The van der Waals surface area contributed by atoms with Gasteiger partial charge in [0.15, 0.2) is 5.60 Å². The molecule has 2 aliphatic rings. The van der Waals surface area contributed by atoms with Gasteiger partial charge in [-0.25, -0.2) is 9.59 Å². The van der Waals surface area contributed by atoms with Crippen molar-refractivity contribution in [2.75, 3.05) is 25.5 Å². The molecule has 2 amide bonds. The average Bonchev–Trinajstić information content (AvgIpc) is 2.78. The summed E-state index contributed by atoms with van der Waals surface area (Å²) >= 11 is 5.59. The van der Waals surface area contributed by atoms with Crippen LogP contribution in [0.2, 0.25) is 0 Å². The fourth-order valence-electron chi connectivity index (χ4n) is 3.11. The highest BCUT2D eigenvalue weighted by Gasteiger charge is 2.48. The summed E-state index contributed by atoms with van der Waals surface area (Å²) in [4.78, 5) is 25.8. The third-order valence-electron chi connectivity index (χ3n) is 4.04. The maximum atomic E-state index is 12.1. The van der Waals surface area contributed by atoms with E-state index in [1.54, 1.807) is 11.0 Å². The first-order chi connectivity index (χ1) is 10.2. The maximum absolute atomic E-state index is 12.1. The predicted octanol–water partition coefficient (Wildman–Crippen LogP) is 2.10. The first-order valence-electron chi connectivity index (χ1n) is 7.08. The summed E-state index contributed by atoms with van der Waals surface area (Å²) in [5.74, 6) is 0.0799. The molecule has 1 saturated heterocycles. The molecule has 3 rings (SSSR count). The van der Waals surface area contributed by atoms with Gasteiger partial charge in [0.25, 0.3) is 0 Å². The number of piperidine rings is 1. The third kappa shape index (κ3) is 2.46. The van der Waals surface area contributed by atoms with E-state index in [0.29, 0.717) is 31.1 Å². The van der Waals surface area contributed by atoms with Gasteiger partial charge in [0.2, 0.25) is 0 Å². The molecule has 1 N–H and O–H groups in total. The average molecular weight is 309 g/mol. The number of benzene rings is 1. The summed E-state index contributed by atoms with van der Waals surface area (Å²) in [6, 6.07) is 7.26. The molecule has 1 unspecified atom stereocenters. The van der Waals surface area contributed by atoms with E-state index in [4.69, 9.17) is 16.3 Å². The minimum Gasteiger partial charge on any atom is -0.449 e. The molecule has 1 aromatic rings. The number of likely N-dealkylation sites (tertiary alicyclic amines) is 1. The van der Waals surface area contributed by atoms with Gasteiger partial charge in [-0.3, -0.25) is 0 Å². The second-order valence-corrected chi connectivity index (χ2v) is 5.75. The highest BCUT2D eigenvalue weighted by molar-refractivity contribution is 6.18. The monoisotopic (exact) mass is 308 g/mol. The fraction of sp³-hybridized carbons (Fsp3) is 0.467. The number of esters is 1. The van der Waals surface area contributed by atoms with Gasteiger partial charge in [-0.15, -0.1) is 11.6 Å². The standard InChI is InChI=1S/C15H17ClN2O3/c16-7-8-17-14(20)18-9-3-6-15(10-18)12-5-2-1-4-11(12)13(19)21-15/h1-2,4-5H,3,6-10H2,(H,17,20). The molecule has 1 aromatic carbocycles. The van der Waals surface area contributed by atoms with Crippen LogP contribution in [0.15, 0.2) is 24.3 Å². The number of rotatable bonds is 2. The highest BCUT2D eigenvalue weighted by atomic mass is 35.5. The van der Waals surface area contributed by atoms with Crippen LogP contribution in [0, 0.1) is 0 Å². The number of amides is 2. The number of ether oxygens (including phenoxy) is 1. The summed E-state index contributed by atoms with van der Waals surface area (Å²) in [6.07, 6.45) is 1.55. The highest BCUT2D eigenvalue weighted by Crippen LogP contribution is 2.42. The van der Waals surface area contributed by atoms with Crippen LogP contribution < -0.4 is 5.32 Å². The number of carbonyl (C=O) groups excluding carboxylic acids is 2. The van der Waals surface area contributed by atoms with Crippen LogP contribution in [0.3, 0.4) is 0 Å². The third-order valence-corrected chi connectivity index (χ3v) is 4.23. The molecule has 0 radical (unpaired) electrons. The number of alkyl halides is 1. The van der Waals surface area contributed by atoms with E-state index in [1.165, 1.54) is 0 Å². The zero-order valence-corrected chi connectivity index (χ0v) is 12.4. The van der Waals surface area contributed by atoms with Crippen molar-refractivity contribution in [3.63, 3.8) is 0 Å². The summed E-state index contributed by atoms with van der Waals surface area (Å²) in [6.45, 7) is 1.49. The Bertz CT molecular complexity index is 578. The van der Waals surface area contributed by atoms with Crippen molar-refractivity contribution < 1.29 is 14.3 Å². The molecule has 0 bridgehead atoms. The lowest BCUT2D eigenvalue weighted by atomic mass is 9.85. The second kappa shape index (κ2) is 5.56. The summed E-state index contributed by atoms with van der Waals surface area (Å²) < 4.78 is 5.66. The molecule has 5 nitrogen and oxygen atoms in total. The number of fused-ring (bicyclic) bond motifs is 2. The molecule has 0 aliphatic carbocycles. The molecule has 6 heteroatoms. The van der Waals surface area contributed by atoms with E-state index in [0.717, 1.165) is 18.4 Å². The molecule has 0 aromatic heterocycles. The van der Waals surface area contributed by atoms with Crippen LogP contribution in [0.5, 0.6) is 0 Å². The van der Waals surface area contributed by atoms with Gasteiger partial charge >= 0.3 is 12.0 Å². The molecule has 21 heavy (non-hydrogen) atoms. The minimum atomic E-state index is -0.690. The molecule has 1 atom stereocenters. The topological polar surface area (TPSA) is 58.6 Å². The Morgan fingerprint density at radius 1 is 1.43 bits per heavy atom. The zero-order chi connectivity index (χ0) is 14.9. The van der Waals surface area contributed by atoms with Crippen molar-refractivity contribution in [3.05, 3.63) is 35.4 Å². The van der Waals surface area contributed by atoms with Crippen molar-refractivity contribution in [2.24, 2.45) is 0 Å². The SMILES string of the molecule is O=C1OC2(CCCN(C(=O)NCCCl)C2)c2ccccc21. The molecule has 112 valence electrons. The largest absolute Gasteiger partial charge is 0.449 e. The van der Waals surface area contributed by atoms with Crippen LogP contribution in [0.25, 0.3) is 0 Å². The smallest absolute Gasteiger partial charge is 0.339 e. The van der Waals surface area contributed by atoms with Gasteiger partial charge in [0.1, 0.15) is 0 Å². The van der Waals surface area contributed by atoms with Crippen LogP contribution in [0.1, 0.15) is 28.8 Å². The quantitative estimate of drug-likeness (QED) is 0.672. The van der Waals surface area contributed by atoms with E-state index >= 15 is 0 Å². The Labute approximate surface area is 128 Å². The number of hydrogen-bond acceptors (Lipinski definition) is 3. The van der Waals surface area contributed by atoms with Gasteiger partial charge in [0, 0.05) is 24.5 Å². The van der Waals surface area contributed by atoms with Crippen LogP contribution >= 0.6 is 11.6 Å². The van der Waals surface area contributed by atoms with Crippen molar-refractivity contribution in [1.82, 2.24) is 10.2 Å². The van der Waals surface area contributed by atoms with Crippen molar-refractivity contribution in [3.8, 4) is 0 Å². The van der Waals surface area contributed by atoms with E-state index in [1.807, 2.05) is 18.2 Å². The lowest BCUT2D eigenvalue weighted by molar-refractivity contribution is -0.0409. The lowest BCUT2D eigenvalue weighted by Gasteiger charge is -2.39. The Morgan fingerprint density at radius 2 is 2.24 bits per heavy atom. The van der Waals surface area contributed by atoms with Gasteiger partial charge in [0.05, 0.1) is 12.1 Å². The number of urea groups is 1. The molecular weight excluding hydrogens is 292 g/mol. The molecule has 0 saturated carbocycles. The van der Waals surface area contributed by atoms with Crippen LogP contribution in [-0.2, 0) is 10.3 Å². The Balaban J connectivity index is 1.83. The first-order valence-corrected chi connectivity index (χ1v) is 7.61. The Hall–Kier alpha value is -1.75. The van der Waals surface area contributed by atoms with Gasteiger partial charge in [-0.05, 0) is 18.9 Å². The van der Waals surface area contributed by atoms with E-state index in [2.05, 4.69) is 5.32 Å². The first kappa shape index (κ1) is 14.2. The maximum Gasteiger partial charge on any atom is 0.339 e. The van der Waals surface area contributed by atoms with Crippen LogP contribution in [-0.4, -0.2) is 42.4 Å². The normalized spacial score (nSPS) is 23.9. The van der Waals surface area contributed by atoms with Gasteiger partial charge in [-0.2, -0.15) is 0 Å². The Morgan fingerprint density at radius 3 is 3.05 bits per heavy atom. The number of carbonyl (C=O) groups is 2. The molecular formula is C15H17ClN2O3. The number of hydrogen-bond donors (Lipinski definition) is 1. The number of nitrogens with zero attached hydrogens (tertiary/aromatic N) is 1. The second-order valence-electron chi connectivity index (χ2n) is 5.38. The fourth-order valence-corrected chi connectivity index (χ4v) is 3.20. The summed E-state index contributed by atoms with van der Waals surface area (Å²) in [5, 5.41) is 2.76. The predicted molar refractivity (Wildman–Crippen MR) is 78.5 cm³/mol. The van der Waals surface area contributed by atoms with Crippen LogP contribution in [0.4, 0.5) is 4.79 Å². The summed E-state index contributed by atoms with van der Waals surface area (Å²) in [5.41, 5.74) is 0.815. The summed E-state index contributed by atoms with van der Waals surface area (Å²) in [7, 11) is 0. The minimum absolute atomic E-state index is 0.157. The van der Waals surface area contributed by atoms with Crippen molar-refractivity contribution in [1.29, 1.82) is 0 Å². The van der Waals surface area contributed by atoms with Crippen molar-refractivity contribution in [2.45, 2.75) is 18.4 Å². The van der Waals surface area contributed by atoms with Gasteiger partial charge < -0.3 is 15.0 Å². The molecule has 1 spiro atoms. The number of nitrogens with one attached hydrogen (secondary N) is 1. The van der Waals surface area contributed by atoms with E-state index in [-0.39, 0.29) is 12.0 Å². The molecule has 2 heterocycles. The Kier molecular flexibility index (Phi) is 3.76. The zero-order valence-electron chi connectivity index (χ0n) is 11.6. The molecule has 2 aliphatic heterocycles. The molecule has 1 fully saturated rings. The van der Waals surface area contributed by atoms with E-state index < -0.39 is 5.60 Å². The van der Waals surface area contributed by atoms with E-state index in [9.17, 15) is 9.59 Å². The lowest BCUT2D eigenvalue weighted by Crippen LogP contribution is -2.52.